The van der Waals surface area contributed by atoms with E-state index >= 15 is 0 Å². The van der Waals surface area contributed by atoms with Gasteiger partial charge in [-0.25, -0.2) is 9.78 Å². The van der Waals surface area contributed by atoms with E-state index in [1.165, 1.54) is 7.11 Å². The number of nitrogens with zero attached hydrogens (tertiary/aromatic N) is 2. The zero-order chi connectivity index (χ0) is 12.4. The maximum absolute atomic E-state index is 11.6. The van der Waals surface area contributed by atoms with Crippen molar-refractivity contribution < 1.29 is 14.1 Å². The number of ether oxygens (including phenoxy) is 1. The van der Waals surface area contributed by atoms with Gasteiger partial charge in [-0.15, -0.1) is 0 Å². The van der Waals surface area contributed by atoms with Crippen molar-refractivity contribution in [1.82, 2.24) is 10.1 Å². The molecule has 0 fully saturated rings. The average Bonchev–Trinajstić information content (AvgIpc) is 2.74. The summed E-state index contributed by atoms with van der Waals surface area (Å²) in [5.74, 6) is 0.0214. The first-order valence-corrected chi connectivity index (χ1v) is 5.11. The van der Waals surface area contributed by atoms with Crippen LogP contribution in [0.2, 0.25) is 0 Å². The van der Waals surface area contributed by atoms with Crippen molar-refractivity contribution in [2.24, 2.45) is 0 Å². The Bertz CT molecular complexity index is 561. The van der Waals surface area contributed by atoms with Gasteiger partial charge in [-0.05, 0) is 26.0 Å². The highest BCUT2D eigenvalue weighted by atomic mass is 16.5. The van der Waals surface area contributed by atoms with Gasteiger partial charge in [-0.2, -0.15) is 0 Å². The van der Waals surface area contributed by atoms with E-state index < -0.39 is 5.97 Å². The van der Waals surface area contributed by atoms with E-state index in [9.17, 15) is 4.79 Å². The van der Waals surface area contributed by atoms with E-state index in [1.54, 1.807) is 18.2 Å². The van der Waals surface area contributed by atoms with Crippen molar-refractivity contribution in [3.05, 3.63) is 35.3 Å². The van der Waals surface area contributed by atoms with Crippen LogP contribution in [0.4, 0.5) is 0 Å². The minimum absolute atomic E-state index is 0.239. The third kappa shape index (κ3) is 2.18. The standard InChI is InChI=1S/C12H12N2O3/c1-7-4-5-9(10-6-8(2)14-17-10)11(13-7)12(15)16-3/h4-6H,1-3H3. The van der Waals surface area contributed by atoms with Gasteiger partial charge in [0.1, 0.15) is 0 Å². The number of methoxy groups -OCH3 is 1. The molecule has 0 aliphatic carbocycles. The molecule has 2 aromatic heterocycles. The van der Waals surface area contributed by atoms with E-state index in [0.717, 1.165) is 11.4 Å². The van der Waals surface area contributed by atoms with Crippen LogP contribution in [0.3, 0.4) is 0 Å². The van der Waals surface area contributed by atoms with Crippen LogP contribution in [0, 0.1) is 13.8 Å². The average molecular weight is 232 g/mol. The fourth-order valence-corrected chi connectivity index (χ4v) is 1.50. The lowest BCUT2D eigenvalue weighted by atomic mass is 10.1. The van der Waals surface area contributed by atoms with Gasteiger partial charge in [0.25, 0.3) is 0 Å². The molecule has 0 aromatic carbocycles. The van der Waals surface area contributed by atoms with Gasteiger partial charge < -0.3 is 9.26 Å². The second-order valence-corrected chi connectivity index (χ2v) is 3.67. The molecule has 0 saturated heterocycles. The first-order chi connectivity index (χ1) is 8.11. The largest absolute Gasteiger partial charge is 0.464 e. The molecule has 0 saturated carbocycles. The first-order valence-electron chi connectivity index (χ1n) is 5.11. The second kappa shape index (κ2) is 4.37. The molecule has 0 unspecified atom stereocenters. The summed E-state index contributed by atoms with van der Waals surface area (Å²) in [4.78, 5) is 15.8. The first kappa shape index (κ1) is 11.3. The summed E-state index contributed by atoms with van der Waals surface area (Å²) >= 11 is 0. The van der Waals surface area contributed by atoms with Crippen molar-refractivity contribution in [3.8, 4) is 11.3 Å². The summed E-state index contributed by atoms with van der Waals surface area (Å²) in [5.41, 5.74) is 2.31. The molecule has 0 bridgehead atoms. The number of carbonyl (C=O) groups is 1. The topological polar surface area (TPSA) is 65.2 Å². The molecule has 2 rings (SSSR count). The van der Waals surface area contributed by atoms with Crippen LogP contribution < -0.4 is 0 Å². The van der Waals surface area contributed by atoms with Crippen molar-refractivity contribution >= 4 is 5.97 Å². The number of carbonyl (C=O) groups excluding carboxylic acids is 1. The molecule has 88 valence electrons. The van der Waals surface area contributed by atoms with Crippen molar-refractivity contribution in [3.63, 3.8) is 0 Å². The summed E-state index contributed by atoms with van der Waals surface area (Å²) in [6, 6.07) is 5.33. The highest BCUT2D eigenvalue weighted by Gasteiger charge is 2.18. The van der Waals surface area contributed by atoms with Gasteiger partial charge in [-0.1, -0.05) is 5.16 Å². The smallest absolute Gasteiger partial charge is 0.357 e. The third-order valence-corrected chi connectivity index (χ3v) is 2.31. The zero-order valence-corrected chi connectivity index (χ0v) is 9.85. The molecule has 5 nitrogen and oxygen atoms in total. The molecular formula is C12H12N2O3. The number of aromatic nitrogens is 2. The summed E-state index contributed by atoms with van der Waals surface area (Å²) in [5, 5.41) is 3.79. The molecule has 0 spiro atoms. The SMILES string of the molecule is COC(=O)c1nc(C)ccc1-c1cc(C)no1. The van der Waals surface area contributed by atoms with Crippen LogP contribution in [0.25, 0.3) is 11.3 Å². The zero-order valence-electron chi connectivity index (χ0n) is 9.85. The number of aryl methyl sites for hydroxylation is 2. The van der Waals surface area contributed by atoms with Gasteiger partial charge in [-0.3, -0.25) is 0 Å². The second-order valence-electron chi connectivity index (χ2n) is 3.67. The lowest BCUT2D eigenvalue weighted by Crippen LogP contribution is -2.07. The minimum Gasteiger partial charge on any atom is -0.464 e. The fourth-order valence-electron chi connectivity index (χ4n) is 1.50. The molecule has 5 heteroatoms. The Morgan fingerprint density at radius 2 is 2.06 bits per heavy atom. The lowest BCUT2D eigenvalue weighted by Gasteiger charge is -2.04. The van der Waals surface area contributed by atoms with Gasteiger partial charge in [0.05, 0.1) is 18.4 Å². The predicted octanol–water partition coefficient (Wildman–Crippen LogP) is 2.14. The van der Waals surface area contributed by atoms with Gasteiger partial charge in [0.2, 0.25) is 0 Å². The Labute approximate surface area is 98.4 Å². The molecule has 2 heterocycles. The highest BCUT2D eigenvalue weighted by molar-refractivity contribution is 5.94. The van der Waals surface area contributed by atoms with E-state index in [1.807, 2.05) is 13.8 Å². The summed E-state index contributed by atoms with van der Waals surface area (Å²) in [6.45, 7) is 3.62. The highest BCUT2D eigenvalue weighted by Crippen LogP contribution is 2.24. The number of pyridine rings is 1. The maximum atomic E-state index is 11.6. The monoisotopic (exact) mass is 232 g/mol. The van der Waals surface area contributed by atoms with Crippen molar-refractivity contribution in [2.75, 3.05) is 7.11 Å². The van der Waals surface area contributed by atoms with Crippen LogP contribution in [-0.2, 0) is 4.74 Å². The van der Waals surface area contributed by atoms with Crippen LogP contribution in [0.15, 0.2) is 22.7 Å². The third-order valence-electron chi connectivity index (χ3n) is 2.31. The Balaban J connectivity index is 2.57. The van der Waals surface area contributed by atoms with Gasteiger partial charge in [0, 0.05) is 11.8 Å². The van der Waals surface area contributed by atoms with E-state index in [-0.39, 0.29) is 5.69 Å². The Kier molecular flexibility index (Phi) is 2.91. The summed E-state index contributed by atoms with van der Waals surface area (Å²) in [6.07, 6.45) is 0. The van der Waals surface area contributed by atoms with Crippen LogP contribution in [-0.4, -0.2) is 23.2 Å². The van der Waals surface area contributed by atoms with Crippen LogP contribution in [0.1, 0.15) is 21.9 Å². The number of hydrogen-bond acceptors (Lipinski definition) is 5. The lowest BCUT2D eigenvalue weighted by molar-refractivity contribution is 0.0594. The maximum Gasteiger partial charge on any atom is 0.357 e. The molecule has 0 aliphatic heterocycles. The van der Waals surface area contributed by atoms with E-state index in [2.05, 4.69) is 10.1 Å². The molecular weight excluding hydrogens is 220 g/mol. The van der Waals surface area contributed by atoms with E-state index in [0.29, 0.717) is 11.3 Å². The quantitative estimate of drug-likeness (QED) is 0.742. The Hall–Kier alpha value is -2.17. The van der Waals surface area contributed by atoms with Gasteiger partial charge >= 0.3 is 5.97 Å². The molecule has 0 N–H and O–H groups in total. The molecule has 0 amide bonds. The molecule has 0 radical (unpaired) electrons. The summed E-state index contributed by atoms with van der Waals surface area (Å²) < 4.78 is 9.82. The minimum atomic E-state index is -0.488. The molecule has 17 heavy (non-hydrogen) atoms. The number of rotatable bonds is 2. The Morgan fingerprint density at radius 3 is 2.65 bits per heavy atom. The molecule has 2 aromatic rings. The Morgan fingerprint density at radius 1 is 1.29 bits per heavy atom. The van der Waals surface area contributed by atoms with Crippen molar-refractivity contribution in [1.29, 1.82) is 0 Å². The number of esters is 1. The fraction of sp³-hybridized carbons (Fsp3) is 0.250. The number of hydrogen-bond donors (Lipinski definition) is 0. The van der Waals surface area contributed by atoms with Gasteiger partial charge in [0.15, 0.2) is 11.5 Å². The van der Waals surface area contributed by atoms with E-state index in [4.69, 9.17) is 9.26 Å². The predicted molar refractivity (Wildman–Crippen MR) is 60.5 cm³/mol. The summed E-state index contributed by atoms with van der Waals surface area (Å²) in [7, 11) is 1.32. The molecule has 0 atom stereocenters. The van der Waals surface area contributed by atoms with Crippen molar-refractivity contribution in [2.45, 2.75) is 13.8 Å². The van der Waals surface area contributed by atoms with Crippen LogP contribution in [0.5, 0.6) is 0 Å². The molecule has 0 aliphatic rings. The van der Waals surface area contributed by atoms with Crippen LogP contribution >= 0.6 is 0 Å². The normalized spacial score (nSPS) is 10.3.